The molecule has 1 heterocycles. The SMILES string of the molecule is CCN(CC)C(=O)c1cc(C(=O)N(C2CCCCC2)C2CCCCC2)n(C)n1. The van der Waals surface area contributed by atoms with Crippen LogP contribution in [0.2, 0.25) is 0 Å². The number of carbonyl (C=O) groups excluding carboxylic acids is 2. The predicted molar refractivity (Wildman–Crippen MR) is 110 cm³/mol. The van der Waals surface area contributed by atoms with Crippen LogP contribution in [0.15, 0.2) is 6.07 Å². The van der Waals surface area contributed by atoms with Crippen molar-refractivity contribution in [3.8, 4) is 0 Å². The number of aromatic nitrogens is 2. The Morgan fingerprint density at radius 2 is 1.43 bits per heavy atom. The van der Waals surface area contributed by atoms with Gasteiger partial charge in [0, 0.05) is 38.3 Å². The van der Waals surface area contributed by atoms with Crippen LogP contribution in [0.3, 0.4) is 0 Å². The number of carbonyl (C=O) groups is 2. The predicted octanol–water partition coefficient (Wildman–Crippen LogP) is 4.01. The molecule has 1 aromatic heterocycles. The molecule has 0 N–H and O–H groups in total. The van der Waals surface area contributed by atoms with Gasteiger partial charge in [-0.05, 0) is 39.5 Å². The van der Waals surface area contributed by atoms with Crippen molar-refractivity contribution in [2.45, 2.75) is 90.1 Å². The van der Waals surface area contributed by atoms with Gasteiger partial charge in [-0.25, -0.2) is 0 Å². The van der Waals surface area contributed by atoms with Gasteiger partial charge in [0.15, 0.2) is 5.69 Å². The van der Waals surface area contributed by atoms with Crippen LogP contribution in [0.5, 0.6) is 0 Å². The average molecular weight is 389 g/mol. The van der Waals surface area contributed by atoms with Crippen LogP contribution in [0.4, 0.5) is 0 Å². The molecule has 6 heteroatoms. The van der Waals surface area contributed by atoms with E-state index in [0.29, 0.717) is 36.6 Å². The topological polar surface area (TPSA) is 58.4 Å². The fourth-order valence-electron chi connectivity index (χ4n) is 4.93. The van der Waals surface area contributed by atoms with Crippen LogP contribution in [0.25, 0.3) is 0 Å². The lowest BCUT2D eigenvalue weighted by atomic mass is 9.88. The molecule has 2 saturated carbocycles. The third-order valence-corrected chi connectivity index (χ3v) is 6.54. The quantitative estimate of drug-likeness (QED) is 0.740. The third-order valence-electron chi connectivity index (χ3n) is 6.54. The summed E-state index contributed by atoms with van der Waals surface area (Å²) >= 11 is 0. The minimum Gasteiger partial charge on any atom is -0.338 e. The van der Waals surface area contributed by atoms with Crippen LogP contribution in [0, 0.1) is 0 Å². The highest BCUT2D eigenvalue weighted by Crippen LogP contribution is 2.31. The van der Waals surface area contributed by atoms with Gasteiger partial charge in [-0.1, -0.05) is 38.5 Å². The molecule has 2 amide bonds. The van der Waals surface area contributed by atoms with Gasteiger partial charge in [0.05, 0.1) is 0 Å². The first-order chi connectivity index (χ1) is 13.6. The summed E-state index contributed by atoms with van der Waals surface area (Å²) in [6.45, 7) is 5.21. The molecule has 0 aromatic carbocycles. The van der Waals surface area contributed by atoms with Gasteiger partial charge >= 0.3 is 0 Å². The molecule has 2 fully saturated rings. The largest absolute Gasteiger partial charge is 0.338 e. The zero-order chi connectivity index (χ0) is 20.1. The first-order valence-electron chi connectivity index (χ1n) is 11.2. The molecule has 0 spiro atoms. The molecule has 0 bridgehead atoms. The van der Waals surface area contributed by atoms with E-state index in [9.17, 15) is 9.59 Å². The minimum absolute atomic E-state index is 0.0624. The highest BCUT2D eigenvalue weighted by molar-refractivity contribution is 5.98. The molecule has 6 nitrogen and oxygen atoms in total. The lowest BCUT2D eigenvalue weighted by Crippen LogP contribution is -2.49. The fourth-order valence-corrected chi connectivity index (χ4v) is 4.93. The van der Waals surface area contributed by atoms with Gasteiger partial charge in [0.1, 0.15) is 5.69 Å². The van der Waals surface area contributed by atoms with E-state index in [1.54, 1.807) is 22.7 Å². The van der Waals surface area contributed by atoms with Crippen LogP contribution < -0.4 is 0 Å². The highest BCUT2D eigenvalue weighted by atomic mass is 16.2. The normalized spacial score (nSPS) is 18.8. The van der Waals surface area contributed by atoms with Crippen LogP contribution in [-0.2, 0) is 7.05 Å². The maximum atomic E-state index is 13.6. The van der Waals surface area contributed by atoms with Gasteiger partial charge in [0.2, 0.25) is 0 Å². The standard InChI is InChI=1S/C22H36N4O2/c1-4-25(5-2)21(27)19-16-20(24(3)23-19)22(28)26(17-12-8-6-9-13-17)18-14-10-7-11-15-18/h16-18H,4-15H2,1-3H3. The van der Waals surface area contributed by atoms with Crippen LogP contribution >= 0.6 is 0 Å². The Bertz CT molecular complexity index is 650. The Morgan fingerprint density at radius 1 is 0.929 bits per heavy atom. The number of amides is 2. The number of hydrogen-bond donors (Lipinski definition) is 0. The van der Waals surface area contributed by atoms with E-state index in [4.69, 9.17) is 0 Å². The van der Waals surface area contributed by atoms with Crippen molar-refractivity contribution in [1.82, 2.24) is 19.6 Å². The van der Waals surface area contributed by atoms with Crippen LogP contribution in [0.1, 0.15) is 99.0 Å². The van der Waals surface area contributed by atoms with E-state index in [0.717, 1.165) is 25.7 Å². The second kappa shape index (κ2) is 9.57. The van der Waals surface area contributed by atoms with E-state index in [1.807, 2.05) is 13.8 Å². The Hall–Kier alpha value is -1.85. The van der Waals surface area contributed by atoms with Crippen molar-refractivity contribution in [2.24, 2.45) is 7.05 Å². The molecule has 2 aliphatic carbocycles. The number of hydrogen-bond acceptors (Lipinski definition) is 3. The van der Waals surface area contributed by atoms with E-state index in [-0.39, 0.29) is 11.8 Å². The van der Waals surface area contributed by atoms with Crippen molar-refractivity contribution in [3.05, 3.63) is 17.5 Å². The molecule has 2 aliphatic rings. The summed E-state index contributed by atoms with van der Waals surface area (Å²) < 4.78 is 1.61. The first kappa shape index (κ1) is 20.9. The van der Waals surface area contributed by atoms with Gasteiger partial charge in [-0.2, -0.15) is 5.10 Å². The molecule has 1 aromatic rings. The minimum atomic E-state index is -0.0958. The smallest absolute Gasteiger partial charge is 0.274 e. The zero-order valence-corrected chi connectivity index (χ0v) is 17.8. The Kier molecular flexibility index (Phi) is 7.13. The molecule has 0 atom stereocenters. The van der Waals surface area contributed by atoms with Crippen molar-refractivity contribution in [2.75, 3.05) is 13.1 Å². The maximum absolute atomic E-state index is 13.6. The number of rotatable bonds is 6. The first-order valence-corrected chi connectivity index (χ1v) is 11.2. The van der Waals surface area contributed by atoms with Crippen molar-refractivity contribution >= 4 is 11.8 Å². The van der Waals surface area contributed by atoms with Gasteiger partial charge in [-0.3, -0.25) is 14.3 Å². The Balaban J connectivity index is 1.86. The second-order valence-corrected chi connectivity index (χ2v) is 8.31. The highest BCUT2D eigenvalue weighted by Gasteiger charge is 2.34. The summed E-state index contributed by atoms with van der Waals surface area (Å²) in [4.78, 5) is 30.3. The molecule has 0 radical (unpaired) electrons. The van der Waals surface area contributed by atoms with E-state index >= 15 is 0 Å². The van der Waals surface area contributed by atoms with Gasteiger partial charge in [0.25, 0.3) is 11.8 Å². The monoisotopic (exact) mass is 388 g/mol. The molecule has 28 heavy (non-hydrogen) atoms. The van der Waals surface area contributed by atoms with Crippen molar-refractivity contribution in [1.29, 1.82) is 0 Å². The number of nitrogens with zero attached hydrogens (tertiary/aromatic N) is 4. The maximum Gasteiger partial charge on any atom is 0.274 e. The van der Waals surface area contributed by atoms with Gasteiger partial charge in [-0.15, -0.1) is 0 Å². The Labute approximate surface area is 169 Å². The summed E-state index contributed by atoms with van der Waals surface area (Å²) in [6, 6.07) is 2.38. The van der Waals surface area contributed by atoms with E-state index < -0.39 is 0 Å². The Morgan fingerprint density at radius 3 is 1.89 bits per heavy atom. The molecule has 0 saturated heterocycles. The lowest BCUT2D eigenvalue weighted by Gasteiger charge is -2.41. The molecular formula is C22H36N4O2. The van der Waals surface area contributed by atoms with E-state index in [1.165, 1.54) is 38.5 Å². The average Bonchev–Trinajstić information content (AvgIpc) is 3.12. The summed E-state index contributed by atoms with van der Waals surface area (Å²) in [6.07, 6.45) is 11.8. The second-order valence-electron chi connectivity index (χ2n) is 8.31. The molecule has 3 rings (SSSR count). The molecular weight excluding hydrogens is 352 g/mol. The van der Waals surface area contributed by atoms with Gasteiger partial charge < -0.3 is 9.80 Å². The summed E-state index contributed by atoms with van der Waals surface area (Å²) in [5.74, 6) is -0.0334. The fraction of sp³-hybridized carbons (Fsp3) is 0.773. The van der Waals surface area contributed by atoms with Crippen LogP contribution in [-0.4, -0.2) is 56.6 Å². The summed E-state index contributed by atoms with van der Waals surface area (Å²) in [7, 11) is 1.78. The van der Waals surface area contributed by atoms with E-state index in [2.05, 4.69) is 10.00 Å². The summed E-state index contributed by atoms with van der Waals surface area (Å²) in [5, 5.41) is 4.40. The number of aryl methyl sites for hydroxylation is 1. The van der Waals surface area contributed by atoms with Crippen molar-refractivity contribution < 1.29 is 9.59 Å². The summed E-state index contributed by atoms with van der Waals surface area (Å²) in [5.41, 5.74) is 0.924. The lowest BCUT2D eigenvalue weighted by molar-refractivity contribution is 0.0437. The zero-order valence-electron chi connectivity index (χ0n) is 17.8. The molecule has 156 valence electrons. The third kappa shape index (κ3) is 4.41. The van der Waals surface area contributed by atoms with Crippen molar-refractivity contribution in [3.63, 3.8) is 0 Å². The molecule has 0 aliphatic heterocycles. The molecule has 0 unspecified atom stereocenters.